The van der Waals surface area contributed by atoms with Crippen LogP contribution in [0.2, 0.25) is 0 Å². The van der Waals surface area contributed by atoms with Crippen molar-refractivity contribution in [2.24, 2.45) is 11.3 Å². The summed E-state index contributed by atoms with van der Waals surface area (Å²) >= 11 is 0. The molecule has 0 atom stereocenters. The van der Waals surface area contributed by atoms with Crippen molar-refractivity contribution in [1.29, 1.82) is 0 Å². The highest BCUT2D eigenvalue weighted by Crippen LogP contribution is 2.60. The summed E-state index contributed by atoms with van der Waals surface area (Å²) in [4.78, 5) is 16.6. The standard InChI is InChI=1S/C17H19N3O/c18-15-13-4-2-1-3-12(13)14(9-19-15)16(21)20-10-17(7-8-17)11-5-6-11/h1-4,9,11H,5-8,10H2,(H2,18,19)(H,20,21). The van der Waals surface area contributed by atoms with Crippen LogP contribution in [0.4, 0.5) is 5.82 Å². The highest BCUT2D eigenvalue weighted by molar-refractivity contribution is 6.08. The molecule has 2 fully saturated rings. The van der Waals surface area contributed by atoms with Crippen molar-refractivity contribution in [2.45, 2.75) is 25.7 Å². The second kappa shape index (κ2) is 4.45. The van der Waals surface area contributed by atoms with Crippen molar-refractivity contribution in [1.82, 2.24) is 10.3 Å². The zero-order chi connectivity index (χ0) is 14.4. The van der Waals surface area contributed by atoms with Gasteiger partial charge in [-0.25, -0.2) is 4.98 Å². The van der Waals surface area contributed by atoms with E-state index in [-0.39, 0.29) is 5.91 Å². The minimum absolute atomic E-state index is 0.0365. The number of benzene rings is 1. The van der Waals surface area contributed by atoms with Gasteiger partial charge in [-0.3, -0.25) is 4.79 Å². The van der Waals surface area contributed by atoms with Gasteiger partial charge < -0.3 is 11.1 Å². The van der Waals surface area contributed by atoms with Crippen LogP contribution < -0.4 is 11.1 Å². The first-order valence-electron chi connectivity index (χ1n) is 7.61. The van der Waals surface area contributed by atoms with Gasteiger partial charge in [0.2, 0.25) is 0 Å². The lowest BCUT2D eigenvalue weighted by atomic mass is 10.0. The Morgan fingerprint density at radius 1 is 1.29 bits per heavy atom. The molecule has 2 aromatic rings. The number of amides is 1. The Balaban J connectivity index is 1.58. The number of hydrogen-bond acceptors (Lipinski definition) is 3. The Bertz CT molecular complexity index is 717. The lowest BCUT2D eigenvalue weighted by Gasteiger charge is -2.15. The topological polar surface area (TPSA) is 68.0 Å². The number of hydrogen-bond donors (Lipinski definition) is 2. The van der Waals surface area contributed by atoms with Crippen LogP contribution in [0, 0.1) is 11.3 Å². The number of nitrogens with two attached hydrogens (primary N) is 1. The number of fused-ring (bicyclic) bond motifs is 1. The second-order valence-corrected chi connectivity index (χ2v) is 6.42. The van der Waals surface area contributed by atoms with Gasteiger partial charge in [0, 0.05) is 18.1 Å². The van der Waals surface area contributed by atoms with E-state index in [1.165, 1.54) is 25.7 Å². The minimum atomic E-state index is -0.0365. The molecule has 1 heterocycles. The van der Waals surface area contributed by atoms with Crippen LogP contribution >= 0.6 is 0 Å². The molecule has 0 spiro atoms. The maximum atomic E-state index is 12.5. The minimum Gasteiger partial charge on any atom is -0.383 e. The number of aromatic nitrogens is 1. The van der Waals surface area contributed by atoms with Gasteiger partial charge in [0.05, 0.1) is 5.56 Å². The summed E-state index contributed by atoms with van der Waals surface area (Å²) in [5.41, 5.74) is 6.91. The molecule has 1 amide bonds. The van der Waals surface area contributed by atoms with Gasteiger partial charge in [0.25, 0.3) is 5.91 Å². The molecule has 2 aliphatic rings. The van der Waals surface area contributed by atoms with Crippen molar-refractivity contribution < 1.29 is 4.79 Å². The zero-order valence-corrected chi connectivity index (χ0v) is 11.9. The molecule has 108 valence electrons. The molecule has 0 radical (unpaired) electrons. The molecule has 0 unspecified atom stereocenters. The Morgan fingerprint density at radius 2 is 2.00 bits per heavy atom. The molecule has 0 aliphatic heterocycles. The molecular formula is C17H19N3O. The van der Waals surface area contributed by atoms with E-state index >= 15 is 0 Å². The third kappa shape index (κ3) is 2.15. The zero-order valence-electron chi connectivity index (χ0n) is 11.9. The largest absolute Gasteiger partial charge is 0.383 e. The number of nitrogens with one attached hydrogen (secondary N) is 1. The predicted octanol–water partition coefficient (Wildman–Crippen LogP) is 2.74. The summed E-state index contributed by atoms with van der Waals surface area (Å²) < 4.78 is 0. The van der Waals surface area contributed by atoms with Crippen molar-refractivity contribution in [3.05, 3.63) is 36.0 Å². The molecule has 0 bridgehead atoms. The average molecular weight is 281 g/mol. The predicted molar refractivity (Wildman–Crippen MR) is 82.9 cm³/mol. The Morgan fingerprint density at radius 3 is 2.67 bits per heavy atom. The first-order valence-corrected chi connectivity index (χ1v) is 7.61. The van der Waals surface area contributed by atoms with Crippen LogP contribution in [0.25, 0.3) is 10.8 Å². The Hall–Kier alpha value is -2.10. The van der Waals surface area contributed by atoms with Crippen LogP contribution in [-0.4, -0.2) is 17.4 Å². The van der Waals surface area contributed by atoms with Crippen molar-refractivity contribution in [3.63, 3.8) is 0 Å². The summed E-state index contributed by atoms with van der Waals surface area (Å²) in [5.74, 6) is 1.28. The fourth-order valence-electron chi connectivity index (χ4n) is 3.33. The highest BCUT2D eigenvalue weighted by Gasteiger charge is 2.53. The van der Waals surface area contributed by atoms with Crippen molar-refractivity contribution in [2.75, 3.05) is 12.3 Å². The average Bonchev–Trinajstić information content (AvgIpc) is 3.38. The van der Waals surface area contributed by atoms with E-state index in [4.69, 9.17) is 5.73 Å². The molecule has 1 aromatic carbocycles. The molecule has 0 saturated heterocycles. The normalized spacial score (nSPS) is 19.4. The van der Waals surface area contributed by atoms with Gasteiger partial charge in [0.1, 0.15) is 5.82 Å². The molecule has 2 aliphatic carbocycles. The molecule has 4 heteroatoms. The van der Waals surface area contributed by atoms with E-state index in [2.05, 4.69) is 10.3 Å². The van der Waals surface area contributed by atoms with Gasteiger partial charge in [-0.05, 0) is 42.4 Å². The summed E-state index contributed by atoms with van der Waals surface area (Å²) in [6, 6.07) is 7.66. The van der Waals surface area contributed by atoms with E-state index in [0.29, 0.717) is 16.8 Å². The lowest BCUT2D eigenvalue weighted by Crippen LogP contribution is -2.31. The molecule has 3 N–H and O–H groups in total. The first kappa shape index (κ1) is 12.6. The maximum absolute atomic E-state index is 12.5. The third-order valence-corrected chi connectivity index (χ3v) is 5.01. The third-order valence-electron chi connectivity index (χ3n) is 5.01. The van der Waals surface area contributed by atoms with Crippen LogP contribution in [0.1, 0.15) is 36.0 Å². The number of anilines is 1. The molecule has 4 rings (SSSR count). The van der Waals surface area contributed by atoms with E-state index in [9.17, 15) is 4.79 Å². The van der Waals surface area contributed by atoms with Crippen LogP contribution in [0.15, 0.2) is 30.5 Å². The van der Waals surface area contributed by atoms with E-state index < -0.39 is 0 Å². The fourth-order valence-corrected chi connectivity index (χ4v) is 3.33. The summed E-state index contributed by atoms with van der Waals surface area (Å²) in [7, 11) is 0. The SMILES string of the molecule is Nc1ncc(C(=O)NCC2(C3CC3)CC2)c2ccccc12. The van der Waals surface area contributed by atoms with E-state index in [1.807, 2.05) is 24.3 Å². The Labute approximate surface area is 123 Å². The van der Waals surface area contributed by atoms with Gasteiger partial charge >= 0.3 is 0 Å². The molecule has 4 nitrogen and oxygen atoms in total. The molecule has 2 saturated carbocycles. The van der Waals surface area contributed by atoms with Gasteiger partial charge in [0.15, 0.2) is 0 Å². The van der Waals surface area contributed by atoms with Crippen LogP contribution in [0.3, 0.4) is 0 Å². The van der Waals surface area contributed by atoms with Gasteiger partial charge in [-0.2, -0.15) is 0 Å². The number of carbonyl (C=O) groups excluding carboxylic acids is 1. The number of pyridine rings is 1. The molecule has 21 heavy (non-hydrogen) atoms. The van der Waals surface area contributed by atoms with Crippen molar-refractivity contribution in [3.8, 4) is 0 Å². The smallest absolute Gasteiger partial charge is 0.253 e. The number of nitrogens with zero attached hydrogens (tertiary/aromatic N) is 1. The monoisotopic (exact) mass is 281 g/mol. The quantitative estimate of drug-likeness (QED) is 0.905. The highest BCUT2D eigenvalue weighted by atomic mass is 16.1. The summed E-state index contributed by atoms with van der Waals surface area (Å²) in [6.07, 6.45) is 6.78. The first-order chi connectivity index (χ1) is 10.2. The van der Waals surface area contributed by atoms with E-state index in [1.54, 1.807) is 6.20 Å². The van der Waals surface area contributed by atoms with Crippen molar-refractivity contribution >= 4 is 22.5 Å². The molecular weight excluding hydrogens is 262 g/mol. The maximum Gasteiger partial charge on any atom is 0.253 e. The van der Waals surface area contributed by atoms with Gasteiger partial charge in [-0.15, -0.1) is 0 Å². The lowest BCUT2D eigenvalue weighted by molar-refractivity contribution is 0.0944. The summed E-state index contributed by atoms with van der Waals surface area (Å²) in [5, 5.41) is 4.83. The number of rotatable bonds is 4. The second-order valence-electron chi connectivity index (χ2n) is 6.42. The molecule has 1 aromatic heterocycles. The Kier molecular flexibility index (Phi) is 2.67. The van der Waals surface area contributed by atoms with E-state index in [0.717, 1.165) is 23.2 Å². The van der Waals surface area contributed by atoms with Gasteiger partial charge in [-0.1, -0.05) is 24.3 Å². The number of nitrogen functional groups attached to an aromatic ring is 1. The summed E-state index contributed by atoms with van der Waals surface area (Å²) in [6.45, 7) is 0.801. The fraction of sp³-hybridized carbons (Fsp3) is 0.412. The van der Waals surface area contributed by atoms with Crippen LogP contribution in [-0.2, 0) is 0 Å². The van der Waals surface area contributed by atoms with Crippen LogP contribution in [0.5, 0.6) is 0 Å². The number of carbonyl (C=O) groups is 1.